The van der Waals surface area contributed by atoms with Gasteiger partial charge in [-0.1, -0.05) is 18.2 Å². The highest BCUT2D eigenvalue weighted by atomic mass is 16.2. The molecule has 0 saturated heterocycles. The van der Waals surface area contributed by atoms with Crippen LogP contribution in [0.5, 0.6) is 0 Å². The van der Waals surface area contributed by atoms with Gasteiger partial charge in [0.15, 0.2) is 0 Å². The van der Waals surface area contributed by atoms with Crippen molar-refractivity contribution in [1.82, 2.24) is 4.90 Å². The molecule has 0 radical (unpaired) electrons. The number of carbonyl (C=O) groups is 1. The summed E-state index contributed by atoms with van der Waals surface area (Å²) in [6, 6.07) is 10.5. The van der Waals surface area contributed by atoms with Gasteiger partial charge in [-0.25, -0.2) is 0 Å². The molecule has 1 aromatic rings. The molecule has 1 amide bonds. The van der Waals surface area contributed by atoms with E-state index in [1.165, 1.54) is 11.3 Å². The van der Waals surface area contributed by atoms with Crippen molar-refractivity contribution in [2.45, 2.75) is 25.7 Å². The summed E-state index contributed by atoms with van der Waals surface area (Å²) < 4.78 is 0. The molecule has 0 N–H and O–H groups in total. The summed E-state index contributed by atoms with van der Waals surface area (Å²) in [5.74, 6) is 0.114. The van der Waals surface area contributed by atoms with Gasteiger partial charge in [0, 0.05) is 38.8 Å². The number of para-hydroxylation sites is 1. The first kappa shape index (κ1) is 14.4. The molecule has 0 unspecified atom stereocenters. The van der Waals surface area contributed by atoms with Crippen LogP contribution in [0.3, 0.4) is 0 Å². The molecular weight excluding hydrogens is 250 g/mol. The van der Waals surface area contributed by atoms with Crippen LogP contribution >= 0.6 is 0 Å². The van der Waals surface area contributed by atoms with Gasteiger partial charge in [0.1, 0.15) is 0 Å². The van der Waals surface area contributed by atoms with Crippen molar-refractivity contribution in [3.8, 4) is 6.07 Å². The highest BCUT2D eigenvalue weighted by Crippen LogP contribution is 2.26. The Bertz CT molecular complexity index is 507. The summed E-state index contributed by atoms with van der Waals surface area (Å²) in [6.07, 6.45) is 3.18. The molecule has 0 spiro atoms. The standard InChI is InChI=1S/C16H21N3O/c1-18(11-5-10-17)16(20)9-13-19-12-4-7-14-6-2-3-8-15(14)19/h2-3,6,8H,4-5,7,9,11-13H2,1H3. The molecule has 0 aliphatic carbocycles. The molecule has 0 atom stereocenters. The zero-order chi connectivity index (χ0) is 14.4. The fourth-order valence-corrected chi connectivity index (χ4v) is 2.61. The Morgan fingerprint density at radius 3 is 3.05 bits per heavy atom. The van der Waals surface area contributed by atoms with Crippen LogP contribution in [0.15, 0.2) is 24.3 Å². The highest BCUT2D eigenvalue weighted by molar-refractivity contribution is 5.76. The first-order valence-corrected chi connectivity index (χ1v) is 7.16. The number of nitrogens with zero attached hydrogens (tertiary/aromatic N) is 3. The Labute approximate surface area is 120 Å². The number of hydrogen-bond acceptors (Lipinski definition) is 3. The molecule has 4 nitrogen and oxygen atoms in total. The monoisotopic (exact) mass is 271 g/mol. The van der Waals surface area contributed by atoms with Gasteiger partial charge < -0.3 is 9.80 Å². The van der Waals surface area contributed by atoms with Crippen LogP contribution in [0.4, 0.5) is 5.69 Å². The molecule has 20 heavy (non-hydrogen) atoms. The van der Waals surface area contributed by atoms with Gasteiger partial charge >= 0.3 is 0 Å². The number of anilines is 1. The molecular formula is C16H21N3O. The zero-order valence-corrected chi connectivity index (χ0v) is 12.0. The number of amides is 1. The van der Waals surface area contributed by atoms with Crippen LogP contribution < -0.4 is 4.90 Å². The minimum atomic E-state index is 0.114. The number of fused-ring (bicyclic) bond motifs is 1. The van der Waals surface area contributed by atoms with Gasteiger partial charge in [-0.15, -0.1) is 0 Å². The van der Waals surface area contributed by atoms with Crippen molar-refractivity contribution >= 4 is 11.6 Å². The Hall–Kier alpha value is -2.02. The maximum Gasteiger partial charge on any atom is 0.224 e. The van der Waals surface area contributed by atoms with Crippen molar-refractivity contribution in [2.75, 3.05) is 31.6 Å². The molecule has 0 aromatic heterocycles. The molecule has 1 aromatic carbocycles. The Kier molecular flexibility index (Phi) is 5.00. The van der Waals surface area contributed by atoms with Gasteiger partial charge in [0.25, 0.3) is 0 Å². The second-order valence-corrected chi connectivity index (χ2v) is 5.19. The predicted molar refractivity (Wildman–Crippen MR) is 79.5 cm³/mol. The van der Waals surface area contributed by atoms with Crippen molar-refractivity contribution in [3.63, 3.8) is 0 Å². The van der Waals surface area contributed by atoms with Gasteiger partial charge in [0.05, 0.1) is 12.5 Å². The smallest absolute Gasteiger partial charge is 0.224 e. The summed E-state index contributed by atoms with van der Waals surface area (Å²) in [5.41, 5.74) is 2.65. The number of carbonyl (C=O) groups excluding carboxylic acids is 1. The number of hydrogen-bond donors (Lipinski definition) is 0. The fourth-order valence-electron chi connectivity index (χ4n) is 2.61. The molecule has 106 valence electrons. The van der Waals surface area contributed by atoms with Crippen molar-refractivity contribution in [1.29, 1.82) is 5.26 Å². The van der Waals surface area contributed by atoms with E-state index in [1.807, 2.05) is 0 Å². The average molecular weight is 271 g/mol. The van der Waals surface area contributed by atoms with E-state index >= 15 is 0 Å². The lowest BCUT2D eigenvalue weighted by molar-refractivity contribution is -0.129. The van der Waals surface area contributed by atoms with E-state index in [2.05, 4.69) is 35.2 Å². The number of benzene rings is 1. The van der Waals surface area contributed by atoms with Gasteiger partial charge in [0.2, 0.25) is 5.91 Å². The lowest BCUT2D eigenvalue weighted by Crippen LogP contribution is -2.35. The molecule has 1 heterocycles. The molecule has 2 rings (SSSR count). The third-order valence-electron chi connectivity index (χ3n) is 3.79. The van der Waals surface area contributed by atoms with E-state index in [1.54, 1.807) is 11.9 Å². The minimum absolute atomic E-state index is 0.114. The van der Waals surface area contributed by atoms with E-state index < -0.39 is 0 Å². The molecule has 0 fully saturated rings. The van der Waals surface area contributed by atoms with Crippen LogP contribution in [-0.4, -0.2) is 37.5 Å². The second-order valence-electron chi connectivity index (χ2n) is 5.19. The Morgan fingerprint density at radius 2 is 2.25 bits per heavy atom. The van der Waals surface area contributed by atoms with Gasteiger partial charge in [-0.3, -0.25) is 4.79 Å². The van der Waals surface area contributed by atoms with Crippen LogP contribution in [0.1, 0.15) is 24.8 Å². The quantitative estimate of drug-likeness (QED) is 0.825. The molecule has 4 heteroatoms. The number of rotatable bonds is 5. The third kappa shape index (κ3) is 3.51. The van der Waals surface area contributed by atoms with Crippen LogP contribution in [0, 0.1) is 11.3 Å². The zero-order valence-electron chi connectivity index (χ0n) is 12.0. The van der Waals surface area contributed by atoms with E-state index in [0.29, 0.717) is 19.4 Å². The summed E-state index contributed by atoms with van der Waals surface area (Å²) in [4.78, 5) is 15.9. The summed E-state index contributed by atoms with van der Waals surface area (Å²) in [6.45, 7) is 2.30. The first-order chi connectivity index (χ1) is 9.72. The van der Waals surface area contributed by atoms with Crippen LogP contribution in [0.2, 0.25) is 0 Å². The van der Waals surface area contributed by atoms with Gasteiger partial charge in [-0.2, -0.15) is 5.26 Å². The largest absolute Gasteiger partial charge is 0.371 e. The fraction of sp³-hybridized carbons (Fsp3) is 0.500. The van der Waals surface area contributed by atoms with Gasteiger partial charge in [-0.05, 0) is 24.5 Å². The average Bonchev–Trinajstić information content (AvgIpc) is 2.50. The lowest BCUT2D eigenvalue weighted by Gasteiger charge is -2.31. The Morgan fingerprint density at radius 1 is 1.45 bits per heavy atom. The highest BCUT2D eigenvalue weighted by Gasteiger charge is 2.17. The van der Waals surface area contributed by atoms with Crippen LogP contribution in [0.25, 0.3) is 0 Å². The van der Waals surface area contributed by atoms with Crippen molar-refractivity contribution in [2.24, 2.45) is 0 Å². The van der Waals surface area contributed by atoms with E-state index in [-0.39, 0.29) is 5.91 Å². The second kappa shape index (κ2) is 6.95. The topological polar surface area (TPSA) is 47.3 Å². The third-order valence-corrected chi connectivity index (χ3v) is 3.79. The van der Waals surface area contributed by atoms with Crippen molar-refractivity contribution in [3.05, 3.63) is 29.8 Å². The summed E-state index contributed by atoms with van der Waals surface area (Å²) >= 11 is 0. The Balaban J connectivity index is 1.89. The minimum Gasteiger partial charge on any atom is -0.371 e. The summed E-state index contributed by atoms with van der Waals surface area (Å²) in [7, 11) is 1.77. The van der Waals surface area contributed by atoms with Crippen LogP contribution in [-0.2, 0) is 11.2 Å². The van der Waals surface area contributed by atoms with E-state index in [9.17, 15) is 4.79 Å². The summed E-state index contributed by atoms with van der Waals surface area (Å²) in [5, 5.41) is 8.54. The SMILES string of the molecule is CN(CCC#N)C(=O)CCN1CCCc2ccccc21. The van der Waals surface area contributed by atoms with E-state index in [0.717, 1.165) is 25.9 Å². The number of nitriles is 1. The van der Waals surface area contributed by atoms with E-state index in [4.69, 9.17) is 5.26 Å². The molecule has 0 saturated carbocycles. The molecule has 1 aliphatic heterocycles. The lowest BCUT2D eigenvalue weighted by atomic mass is 10.0. The molecule has 1 aliphatic rings. The first-order valence-electron chi connectivity index (χ1n) is 7.16. The van der Waals surface area contributed by atoms with Crippen molar-refractivity contribution < 1.29 is 4.79 Å². The predicted octanol–water partition coefficient (Wildman–Crippen LogP) is 2.20. The maximum atomic E-state index is 12.0. The maximum absolute atomic E-state index is 12.0. The molecule has 0 bridgehead atoms. The normalized spacial score (nSPS) is 13.5. The number of aryl methyl sites for hydroxylation is 1.